The largest absolute Gasteiger partial charge is 0.460 e. The van der Waals surface area contributed by atoms with Gasteiger partial charge in [0.05, 0.1) is 0 Å². The predicted octanol–water partition coefficient (Wildman–Crippen LogP) is 11.5. The Morgan fingerprint density at radius 2 is 0.889 bits per heavy atom. The second-order valence-electron chi connectivity index (χ2n) is 11.5. The Balaban J connectivity index is 1.47. The third-order valence-electron chi connectivity index (χ3n) is 8.07. The first kappa shape index (κ1) is 39.1. The summed E-state index contributed by atoms with van der Waals surface area (Å²) >= 11 is 1.49. The van der Waals surface area contributed by atoms with E-state index in [1.54, 1.807) is 12.1 Å². The normalized spacial score (nSPS) is 15.4. The van der Waals surface area contributed by atoms with Gasteiger partial charge in [0.1, 0.15) is 12.5 Å². The van der Waals surface area contributed by atoms with Gasteiger partial charge in [0, 0.05) is 35.6 Å². The molecule has 0 atom stereocenters. The van der Waals surface area contributed by atoms with Crippen LogP contribution in [0.3, 0.4) is 0 Å². The van der Waals surface area contributed by atoms with Gasteiger partial charge in [-0.3, -0.25) is 0 Å². The molecule has 0 bridgehead atoms. The summed E-state index contributed by atoms with van der Waals surface area (Å²) in [6.07, 6.45) is -4.73. The van der Waals surface area contributed by atoms with Crippen molar-refractivity contribution < 1.29 is 61.0 Å². The van der Waals surface area contributed by atoms with Crippen molar-refractivity contribution in [3.05, 3.63) is 163 Å². The summed E-state index contributed by atoms with van der Waals surface area (Å²) in [4.78, 5) is 1.16. The molecule has 0 saturated carbocycles. The molecule has 0 aromatic heterocycles. The van der Waals surface area contributed by atoms with Crippen molar-refractivity contribution in [2.45, 2.75) is 53.5 Å². The van der Waals surface area contributed by atoms with Gasteiger partial charge in [-0.1, -0.05) is 66.4 Å². The van der Waals surface area contributed by atoms with Crippen LogP contribution in [0, 0.1) is 0 Å². The van der Waals surface area contributed by atoms with Gasteiger partial charge >= 0.3 is 39.2 Å². The lowest BCUT2D eigenvalue weighted by Gasteiger charge is -2.41. The average Bonchev–Trinajstić information content (AvgIpc) is 3.66. The van der Waals surface area contributed by atoms with E-state index in [1.165, 1.54) is 109 Å². The van der Waals surface area contributed by atoms with E-state index in [0.29, 0.717) is 5.56 Å². The van der Waals surface area contributed by atoms with Gasteiger partial charge in [-0.25, -0.2) is 3.63 Å². The highest BCUT2D eigenvalue weighted by Gasteiger charge is 2.86. The lowest BCUT2D eigenvalue weighted by Crippen LogP contribution is -2.63. The van der Waals surface area contributed by atoms with Crippen molar-refractivity contribution in [1.82, 2.24) is 0 Å². The Morgan fingerprint density at radius 3 is 1.33 bits per heavy atom. The molecule has 6 rings (SSSR count). The van der Waals surface area contributed by atoms with Crippen molar-refractivity contribution in [1.29, 1.82) is 0 Å². The SMILES string of the molecule is O=S(=O)(OS(c1ccccc1)(c1ccccc1)c1ccc(C2(c3ccc(Sc4ccccc4)cc3)OC=CO2)cc1)C(F)(F)C(F)(F)C(F)(F)C(F)(F)F. The fraction of sp³-hybridized carbons (Fsp3) is 0.135. The Hall–Kier alpha value is -4.58. The van der Waals surface area contributed by atoms with Crippen LogP contribution in [0.4, 0.5) is 39.5 Å². The van der Waals surface area contributed by atoms with Gasteiger partial charge in [0.15, 0.2) is 0 Å². The van der Waals surface area contributed by atoms with Gasteiger partial charge < -0.3 is 9.47 Å². The van der Waals surface area contributed by atoms with Crippen molar-refractivity contribution in [2.75, 3.05) is 0 Å². The molecular weight excluding hydrogens is 792 g/mol. The summed E-state index contributed by atoms with van der Waals surface area (Å²) in [5.74, 6) is -16.6. The van der Waals surface area contributed by atoms with E-state index in [2.05, 4.69) is 0 Å². The summed E-state index contributed by atoms with van der Waals surface area (Å²) < 4.78 is 170. The highest BCUT2D eigenvalue weighted by atomic mass is 32.3. The van der Waals surface area contributed by atoms with Crippen LogP contribution in [-0.2, 0) is 29.0 Å². The monoisotopic (exact) mass is 816 g/mol. The summed E-state index contributed by atoms with van der Waals surface area (Å²) in [7, 11) is -11.6. The van der Waals surface area contributed by atoms with E-state index in [9.17, 15) is 39.2 Å². The lowest BCUT2D eigenvalue weighted by atomic mass is 9.97. The minimum atomic E-state index is -7.51. The number of alkyl halides is 9. The fourth-order valence-corrected chi connectivity index (χ4v) is 11.4. The Bertz CT molecular complexity index is 2160. The van der Waals surface area contributed by atoms with Gasteiger partial charge in [-0.05, 0) is 95.2 Å². The van der Waals surface area contributed by atoms with E-state index in [0.717, 1.165) is 9.79 Å². The van der Waals surface area contributed by atoms with Crippen LogP contribution in [0.25, 0.3) is 0 Å². The molecule has 5 nitrogen and oxygen atoms in total. The molecule has 0 unspecified atom stereocenters. The number of halogens is 9. The van der Waals surface area contributed by atoms with Crippen LogP contribution in [-0.4, -0.2) is 31.7 Å². The molecule has 17 heteroatoms. The van der Waals surface area contributed by atoms with Crippen molar-refractivity contribution >= 4 is 32.2 Å². The zero-order valence-electron chi connectivity index (χ0n) is 27.1. The fourth-order valence-electron chi connectivity index (χ4n) is 5.39. The number of ether oxygens (including phenoxy) is 2. The first-order chi connectivity index (χ1) is 25.4. The topological polar surface area (TPSA) is 61.8 Å². The van der Waals surface area contributed by atoms with Crippen LogP contribution in [0.2, 0.25) is 0 Å². The van der Waals surface area contributed by atoms with Gasteiger partial charge in [0.25, 0.3) is 0 Å². The maximum atomic E-state index is 15.3. The van der Waals surface area contributed by atoms with E-state index in [1.807, 2.05) is 42.5 Å². The van der Waals surface area contributed by atoms with E-state index < -0.39 is 49.5 Å². The number of hydrogen-bond donors (Lipinski definition) is 0. The maximum absolute atomic E-state index is 15.3. The smallest absolute Gasteiger partial charge is 0.449 e. The Morgan fingerprint density at radius 1 is 0.500 bits per heavy atom. The molecule has 5 aromatic rings. The van der Waals surface area contributed by atoms with E-state index in [4.69, 9.17) is 13.1 Å². The third-order valence-corrected chi connectivity index (χ3v) is 14.3. The molecule has 54 heavy (non-hydrogen) atoms. The summed E-state index contributed by atoms with van der Waals surface area (Å²) in [6, 6.07) is 34.7. The highest BCUT2D eigenvalue weighted by molar-refractivity contribution is 8.33. The van der Waals surface area contributed by atoms with Crippen LogP contribution in [0.15, 0.2) is 177 Å². The average molecular weight is 817 g/mol. The van der Waals surface area contributed by atoms with Crippen LogP contribution in [0.1, 0.15) is 11.1 Å². The quantitative estimate of drug-likeness (QED) is 0.117. The van der Waals surface area contributed by atoms with Crippen molar-refractivity contribution in [3.8, 4) is 0 Å². The molecular formula is C37H25F9O5S3. The highest BCUT2D eigenvalue weighted by Crippen LogP contribution is 2.71. The molecule has 284 valence electrons. The number of hydrogen-bond acceptors (Lipinski definition) is 6. The summed E-state index contributed by atoms with van der Waals surface area (Å²) in [6.45, 7) is 0. The second kappa shape index (κ2) is 14.2. The van der Waals surface area contributed by atoms with Crippen LogP contribution in [0.5, 0.6) is 0 Å². The molecule has 1 heterocycles. The molecule has 0 N–H and O–H groups in total. The van der Waals surface area contributed by atoms with E-state index in [-0.39, 0.29) is 20.2 Å². The van der Waals surface area contributed by atoms with Crippen molar-refractivity contribution in [3.63, 3.8) is 0 Å². The molecule has 0 amide bonds. The zero-order chi connectivity index (χ0) is 39.0. The van der Waals surface area contributed by atoms with Crippen molar-refractivity contribution in [2.24, 2.45) is 0 Å². The second-order valence-corrected chi connectivity index (χ2v) is 17.1. The first-order valence-electron chi connectivity index (χ1n) is 15.4. The molecule has 1 aliphatic rings. The molecule has 0 aliphatic carbocycles. The van der Waals surface area contributed by atoms with Gasteiger partial charge in [-0.2, -0.15) is 47.9 Å². The first-order valence-corrected chi connectivity index (χ1v) is 19.2. The number of benzene rings is 5. The standard InChI is InChI=1S/C37H25F9O5S3/c38-34(39,36(42,43)44)35(40,41)37(45,46)54(47,48)51-53(30-12-6-2-7-13-30,31-14-8-3-9-15-31)32-22-18-27(19-23-32)33(49-24-25-50-33)26-16-20-29(21-17-26)52-28-10-4-1-5-11-28/h1-25H. The summed E-state index contributed by atoms with van der Waals surface area (Å²) in [5.41, 5.74) is 0.743. The minimum absolute atomic E-state index is 0.217. The molecule has 5 aromatic carbocycles. The Kier molecular flexibility index (Phi) is 10.3. The maximum Gasteiger partial charge on any atom is 0.460 e. The Labute approximate surface area is 309 Å². The predicted molar refractivity (Wildman–Crippen MR) is 182 cm³/mol. The minimum Gasteiger partial charge on any atom is -0.449 e. The van der Waals surface area contributed by atoms with Gasteiger partial charge in [-0.15, -0.1) is 0 Å². The molecule has 0 spiro atoms. The molecule has 0 fully saturated rings. The molecule has 0 radical (unpaired) electrons. The van der Waals surface area contributed by atoms with E-state index >= 15 is 8.78 Å². The van der Waals surface area contributed by atoms with Crippen LogP contribution >= 0.6 is 22.1 Å². The number of rotatable bonds is 12. The molecule has 1 aliphatic heterocycles. The van der Waals surface area contributed by atoms with Crippen LogP contribution < -0.4 is 0 Å². The third kappa shape index (κ3) is 6.60. The lowest BCUT2D eigenvalue weighted by molar-refractivity contribution is -0.382. The van der Waals surface area contributed by atoms with Gasteiger partial charge in [0.2, 0.25) is 0 Å². The molecule has 0 saturated heterocycles. The zero-order valence-corrected chi connectivity index (χ0v) is 29.6. The summed E-state index contributed by atoms with van der Waals surface area (Å²) in [5, 5.41) is -7.10.